The number of amides is 2. The number of nitro groups is 1. The summed E-state index contributed by atoms with van der Waals surface area (Å²) in [5.74, 6) is -0.566. The van der Waals surface area contributed by atoms with Crippen molar-refractivity contribution in [2.24, 2.45) is 16.5 Å². The molecule has 5 N–H and O–H groups in total. The number of guanidine groups is 1. The summed E-state index contributed by atoms with van der Waals surface area (Å²) in [5.41, 5.74) is 13.0. The molecule has 0 unspecified atom stereocenters. The lowest BCUT2D eigenvalue weighted by Gasteiger charge is -2.30. The Kier molecular flexibility index (Phi) is 8.76. The zero-order valence-corrected chi connectivity index (χ0v) is 15.4. The Morgan fingerprint density at radius 3 is 2.65 bits per heavy atom. The van der Waals surface area contributed by atoms with Crippen molar-refractivity contribution in [2.75, 3.05) is 26.2 Å². The Labute approximate surface area is 152 Å². The summed E-state index contributed by atoms with van der Waals surface area (Å²) in [6.45, 7) is 5.79. The van der Waals surface area contributed by atoms with Crippen molar-refractivity contribution in [3.8, 4) is 0 Å². The lowest BCUT2D eigenvalue weighted by atomic mass is 10.1. The third kappa shape index (κ3) is 6.14. The molecule has 1 fully saturated rings. The van der Waals surface area contributed by atoms with E-state index in [9.17, 15) is 19.7 Å². The van der Waals surface area contributed by atoms with Crippen LogP contribution >= 0.6 is 0 Å². The highest BCUT2D eigenvalue weighted by atomic mass is 16.7. The first-order chi connectivity index (χ1) is 12.3. The van der Waals surface area contributed by atoms with E-state index in [1.807, 2.05) is 13.8 Å². The molecule has 0 aromatic rings. The maximum absolute atomic E-state index is 12.6. The van der Waals surface area contributed by atoms with Gasteiger partial charge < -0.3 is 21.3 Å². The van der Waals surface area contributed by atoms with E-state index in [1.54, 1.807) is 15.2 Å². The molecule has 0 aliphatic carbocycles. The highest BCUT2D eigenvalue weighted by Crippen LogP contribution is 2.21. The zero-order valence-electron chi connectivity index (χ0n) is 15.4. The van der Waals surface area contributed by atoms with Crippen LogP contribution < -0.4 is 16.9 Å². The van der Waals surface area contributed by atoms with Crippen LogP contribution in [0.25, 0.3) is 0 Å². The Morgan fingerprint density at radius 1 is 1.42 bits per heavy atom. The lowest BCUT2D eigenvalue weighted by Crippen LogP contribution is -2.52. The van der Waals surface area contributed by atoms with E-state index in [1.165, 1.54) is 0 Å². The minimum atomic E-state index is -0.797. The largest absolute Gasteiger partial charge is 0.365 e. The molecule has 2 amide bonds. The number of carbonyl (C=O) groups is 2. The van der Waals surface area contributed by atoms with Crippen molar-refractivity contribution in [2.45, 2.75) is 51.6 Å². The van der Waals surface area contributed by atoms with Crippen LogP contribution in [0.3, 0.4) is 0 Å². The van der Waals surface area contributed by atoms with Crippen LogP contribution in [0.1, 0.15) is 39.5 Å². The van der Waals surface area contributed by atoms with Crippen molar-refractivity contribution in [1.82, 2.24) is 15.2 Å². The van der Waals surface area contributed by atoms with E-state index in [0.29, 0.717) is 38.9 Å². The van der Waals surface area contributed by atoms with E-state index in [-0.39, 0.29) is 24.3 Å². The molecular weight excluding hydrogens is 342 g/mol. The number of nitrogens with one attached hydrogen (secondary N) is 1. The Hall–Kier alpha value is -2.43. The maximum atomic E-state index is 12.6. The number of likely N-dealkylation sites (tertiary alicyclic amines) is 1. The lowest BCUT2D eigenvalue weighted by molar-refractivity contribution is -0.525. The second-order valence-corrected chi connectivity index (χ2v) is 6.08. The standard InChI is InChI=1S/C15H29N7O4/c1-3-20(4-2)14(24)12-8-6-10-21(12)13(23)11(16)7-5-9-18-15(17)19-22(25)26/h11-12H,3-10,16H2,1-2H3,(H3,17,18,19)/t11-,12-/m0/s1. The summed E-state index contributed by atoms with van der Waals surface area (Å²) in [7, 11) is 0. The molecule has 11 nitrogen and oxygen atoms in total. The predicted octanol–water partition coefficient (Wildman–Crippen LogP) is -0.951. The molecule has 2 atom stereocenters. The van der Waals surface area contributed by atoms with Crippen molar-refractivity contribution >= 4 is 17.8 Å². The fourth-order valence-electron chi connectivity index (χ4n) is 3.01. The minimum Gasteiger partial charge on any atom is -0.365 e. The fraction of sp³-hybridized carbons (Fsp3) is 0.800. The molecule has 26 heavy (non-hydrogen) atoms. The normalized spacial score (nSPS) is 18.5. The molecule has 0 spiro atoms. The summed E-state index contributed by atoms with van der Waals surface area (Å²) in [5, 5.41) is 9.40. The molecule has 148 valence electrons. The number of hydrogen-bond acceptors (Lipinski definition) is 6. The van der Waals surface area contributed by atoms with Crippen LogP contribution in [0, 0.1) is 10.1 Å². The summed E-state index contributed by atoms with van der Waals surface area (Å²) >= 11 is 0. The SMILES string of the molecule is CCN(CC)C(=O)[C@@H]1CCCN1C(=O)[C@@H](N)CCCN=C(N)N[N+](=O)[O-]. The molecule has 1 aliphatic heterocycles. The third-order valence-electron chi connectivity index (χ3n) is 4.37. The van der Waals surface area contributed by atoms with Gasteiger partial charge in [-0.1, -0.05) is 5.43 Å². The second kappa shape index (κ2) is 10.5. The van der Waals surface area contributed by atoms with Gasteiger partial charge in [0.25, 0.3) is 5.96 Å². The topological polar surface area (TPSA) is 160 Å². The first-order valence-corrected chi connectivity index (χ1v) is 8.87. The van der Waals surface area contributed by atoms with Crippen molar-refractivity contribution in [3.05, 3.63) is 10.1 Å². The molecule has 1 saturated heterocycles. The molecule has 0 saturated carbocycles. The van der Waals surface area contributed by atoms with Gasteiger partial charge in [-0.2, -0.15) is 0 Å². The van der Waals surface area contributed by atoms with Gasteiger partial charge in [0.2, 0.25) is 11.8 Å². The monoisotopic (exact) mass is 371 g/mol. The van der Waals surface area contributed by atoms with Crippen LogP contribution in [0.2, 0.25) is 0 Å². The van der Waals surface area contributed by atoms with Crippen LogP contribution in [-0.4, -0.2) is 70.9 Å². The highest BCUT2D eigenvalue weighted by molar-refractivity contribution is 5.90. The fourth-order valence-corrected chi connectivity index (χ4v) is 3.01. The molecule has 0 radical (unpaired) electrons. The van der Waals surface area contributed by atoms with Gasteiger partial charge >= 0.3 is 0 Å². The third-order valence-corrected chi connectivity index (χ3v) is 4.37. The van der Waals surface area contributed by atoms with Gasteiger partial charge in [0, 0.05) is 26.2 Å². The van der Waals surface area contributed by atoms with Gasteiger partial charge in [-0.15, -0.1) is 0 Å². The summed E-state index contributed by atoms with van der Waals surface area (Å²) in [6.07, 6.45) is 2.25. The first kappa shape index (κ1) is 21.6. The van der Waals surface area contributed by atoms with E-state index in [4.69, 9.17) is 11.5 Å². The number of nitrogens with two attached hydrogens (primary N) is 2. The molecular formula is C15H29N7O4. The number of carbonyl (C=O) groups excluding carboxylic acids is 2. The first-order valence-electron chi connectivity index (χ1n) is 8.87. The van der Waals surface area contributed by atoms with Gasteiger partial charge in [0.05, 0.1) is 6.04 Å². The average Bonchev–Trinajstić information content (AvgIpc) is 3.07. The average molecular weight is 371 g/mol. The van der Waals surface area contributed by atoms with E-state index in [0.717, 1.165) is 6.42 Å². The summed E-state index contributed by atoms with van der Waals surface area (Å²) < 4.78 is 0. The van der Waals surface area contributed by atoms with Crippen molar-refractivity contribution in [3.63, 3.8) is 0 Å². The molecule has 0 bridgehead atoms. The molecule has 1 rings (SSSR count). The van der Waals surface area contributed by atoms with E-state index >= 15 is 0 Å². The summed E-state index contributed by atoms with van der Waals surface area (Å²) in [6, 6.07) is -1.17. The number of rotatable bonds is 9. The molecule has 1 aliphatic rings. The van der Waals surface area contributed by atoms with Crippen molar-refractivity contribution < 1.29 is 14.6 Å². The zero-order chi connectivity index (χ0) is 19.7. The Bertz CT molecular complexity index is 536. The number of aliphatic imine (C=N–C) groups is 1. The number of likely N-dealkylation sites (N-methyl/N-ethyl adjacent to an activating group) is 1. The molecule has 1 heterocycles. The van der Waals surface area contributed by atoms with Gasteiger partial charge in [-0.25, -0.2) is 15.1 Å². The quantitative estimate of drug-likeness (QED) is 0.155. The molecule has 0 aromatic carbocycles. The number of hydrazine groups is 1. The molecule has 11 heteroatoms. The van der Waals surface area contributed by atoms with E-state index in [2.05, 4.69) is 4.99 Å². The van der Waals surface area contributed by atoms with Gasteiger partial charge in [0.1, 0.15) is 6.04 Å². The number of hydrogen-bond donors (Lipinski definition) is 3. The smallest absolute Gasteiger partial charge is 0.251 e. The predicted molar refractivity (Wildman–Crippen MR) is 96.5 cm³/mol. The molecule has 0 aromatic heterocycles. The van der Waals surface area contributed by atoms with Crippen LogP contribution in [0.5, 0.6) is 0 Å². The van der Waals surface area contributed by atoms with E-state index < -0.39 is 17.1 Å². The van der Waals surface area contributed by atoms with Gasteiger partial charge in [-0.3, -0.25) is 9.59 Å². The maximum Gasteiger partial charge on any atom is 0.251 e. The minimum absolute atomic E-state index is 0.0312. The van der Waals surface area contributed by atoms with Gasteiger partial charge in [0.15, 0.2) is 5.03 Å². The Balaban J connectivity index is 2.53. The van der Waals surface area contributed by atoms with Crippen LogP contribution in [-0.2, 0) is 9.59 Å². The Morgan fingerprint density at radius 2 is 2.08 bits per heavy atom. The van der Waals surface area contributed by atoms with Crippen molar-refractivity contribution in [1.29, 1.82) is 0 Å². The number of nitrogens with zero attached hydrogens (tertiary/aromatic N) is 4. The van der Waals surface area contributed by atoms with Crippen LogP contribution in [0.15, 0.2) is 4.99 Å². The van der Waals surface area contributed by atoms with Gasteiger partial charge in [-0.05, 0) is 39.5 Å². The highest BCUT2D eigenvalue weighted by Gasteiger charge is 2.37. The van der Waals surface area contributed by atoms with Crippen LogP contribution in [0.4, 0.5) is 0 Å². The summed E-state index contributed by atoms with van der Waals surface area (Å²) in [4.78, 5) is 42.5. The second-order valence-electron chi connectivity index (χ2n) is 6.08.